The van der Waals surface area contributed by atoms with Crippen LogP contribution >= 0.6 is 0 Å². The minimum absolute atomic E-state index is 0.290. The van der Waals surface area contributed by atoms with Crippen LogP contribution in [0.15, 0.2) is 36.7 Å². The molecule has 0 aliphatic carbocycles. The fraction of sp³-hybridized carbons (Fsp3) is 0.476. The van der Waals surface area contributed by atoms with Gasteiger partial charge in [0, 0.05) is 25.2 Å². The van der Waals surface area contributed by atoms with Crippen molar-refractivity contribution < 1.29 is 0 Å². The third kappa shape index (κ3) is 4.21. The molecule has 1 N–H and O–H groups in total. The lowest BCUT2D eigenvalue weighted by Gasteiger charge is -2.23. The van der Waals surface area contributed by atoms with E-state index in [1.807, 2.05) is 12.4 Å². The number of aromatic nitrogens is 4. The Hall–Kier alpha value is -2.63. The smallest absolute Gasteiger partial charge is 0.227 e. The number of hydrogen-bond donors (Lipinski definition) is 1. The van der Waals surface area contributed by atoms with Gasteiger partial charge in [-0.05, 0) is 39.7 Å². The van der Waals surface area contributed by atoms with Crippen LogP contribution in [-0.4, -0.2) is 32.1 Å². The Morgan fingerprint density at radius 3 is 2.44 bits per heavy atom. The van der Waals surface area contributed by atoms with E-state index in [2.05, 4.69) is 78.7 Å². The first-order chi connectivity index (χ1) is 13.0. The average molecular weight is 367 g/mol. The van der Waals surface area contributed by atoms with Gasteiger partial charge in [-0.15, -0.1) is 0 Å². The number of nitrogens with zero attached hydrogens (tertiary/aromatic N) is 5. The summed E-state index contributed by atoms with van der Waals surface area (Å²) in [5.41, 5.74) is 2.99. The van der Waals surface area contributed by atoms with Gasteiger partial charge in [0.25, 0.3) is 0 Å². The van der Waals surface area contributed by atoms with E-state index in [0.717, 1.165) is 36.5 Å². The summed E-state index contributed by atoms with van der Waals surface area (Å²) in [6, 6.07) is 11.1. The summed E-state index contributed by atoms with van der Waals surface area (Å²) < 4.78 is 2.11. The molecule has 3 aromatic rings. The number of rotatable bonds is 8. The van der Waals surface area contributed by atoms with Crippen LogP contribution in [-0.2, 0) is 6.54 Å². The number of fused-ring (bicyclic) bond motifs is 1. The summed E-state index contributed by atoms with van der Waals surface area (Å²) in [5, 5.41) is 3.43. The van der Waals surface area contributed by atoms with E-state index in [1.54, 1.807) is 0 Å². The third-order valence-corrected chi connectivity index (χ3v) is 4.84. The molecule has 0 aliphatic rings. The molecule has 1 atom stereocenters. The summed E-state index contributed by atoms with van der Waals surface area (Å²) in [5.74, 6) is 1.55. The standard InChI is InChI=1S/C21H30N6/c1-6-16(5)23-21-24-19(18-20(25-21)27(14-22-18)15(3)4)26(7-2)13-17-11-9-8-10-12-17/h8-12,14-16H,6-7,13H2,1-5H3,(H,23,24,25)/t16-/m1/s1. The Kier molecular flexibility index (Phi) is 5.94. The lowest BCUT2D eigenvalue weighted by atomic mass is 10.2. The average Bonchev–Trinajstić information content (AvgIpc) is 3.10. The van der Waals surface area contributed by atoms with E-state index in [9.17, 15) is 0 Å². The molecule has 27 heavy (non-hydrogen) atoms. The van der Waals surface area contributed by atoms with Gasteiger partial charge >= 0.3 is 0 Å². The highest BCUT2D eigenvalue weighted by Gasteiger charge is 2.19. The number of benzene rings is 1. The first-order valence-electron chi connectivity index (χ1n) is 9.83. The van der Waals surface area contributed by atoms with Crippen LogP contribution in [0.4, 0.5) is 11.8 Å². The summed E-state index contributed by atoms with van der Waals surface area (Å²) in [6.45, 7) is 12.4. The highest BCUT2D eigenvalue weighted by atomic mass is 15.3. The lowest BCUT2D eigenvalue weighted by molar-refractivity contribution is 0.612. The molecule has 3 rings (SSSR count). The van der Waals surface area contributed by atoms with Crippen LogP contribution in [0.5, 0.6) is 0 Å². The normalized spacial score (nSPS) is 12.5. The fourth-order valence-corrected chi connectivity index (χ4v) is 3.03. The van der Waals surface area contributed by atoms with Crippen LogP contribution in [0.3, 0.4) is 0 Å². The zero-order valence-electron chi connectivity index (χ0n) is 17.0. The Bertz CT molecular complexity index is 871. The number of anilines is 2. The second-order valence-electron chi connectivity index (χ2n) is 7.24. The first kappa shape index (κ1) is 19.1. The minimum atomic E-state index is 0.290. The fourth-order valence-electron chi connectivity index (χ4n) is 3.03. The van der Waals surface area contributed by atoms with Crippen molar-refractivity contribution in [3.63, 3.8) is 0 Å². The summed E-state index contributed by atoms with van der Waals surface area (Å²) in [4.78, 5) is 16.6. The van der Waals surface area contributed by atoms with Crippen molar-refractivity contribution in [1.82, 2.24) is 19.5 Å². The van der Waals surface area contributed by atoms with Crippen LogP contribution in [0.25, 0.3) is 11.2 Å². The Morgan fingerprint density at radius 1 is 1.07 bits per heavy atom. The van der Waals surface area contributed by atoms with Crippen molar-refractivity contribution in [2.45, 2.75) is 59.7 Å². The second kappa shape index (κ2) is 8.37. The van der Waals surface area contributed by atoms with Gasteiger partial charge < -0.3 is 14.8 Å². The molecular weight excluding hydrogens is 336 g/mol. The quantitative estimate of drug-likeness (QED) is 0.629. The van der Waals surface area contributed by atoms with Crippen molar-refractivity contribution in [1.29, 1.82) is 0 Å². The molecule has 0 aliphatic heterocycles. The van der Waals surface area contributed by atoms with Crippen LogP contribution < -0.4 is 10.2 Å². The van der Waals surface area contributed by atoms with Crippen LogP contribution in [0.1, 0.15) is 52.6 Å². The topological polar surface area (TPSA) is 58.9 Å². The van der Waals surface area contributed by atoms with E-state index in [0.29, 0.717) is 18.0 Å². The van der Waals surface area contributed by atoms with Gasteiger partial charge in [0.15, 0.2) is 17.0 Å². The van der Waals surface area contributed by atoms with E-state index < -0.39 is 0 Å². The molecule has 0 spiro atoms. The molecule has 1 aromatic carbocycles. The Labute approximate surface area is 161 Å². The zero-order valence-corrected chi connectivity index (χ0v) is 17.0. The number of hydrogen-bond acceptors (Lipinski definition) is 5. The maximum absolute atomic E-state index is 4.86. The zero-order chi connectivity index (χ0) is 19.4. The number of imidazole rings is 1. The molecule has 0 saturated carbocycles. The van der Waals surface area contributed by atoms with E-state index in [1.165, 1.54) is 5.56 Å². The van der Waals surface area contributed by atoms with Crippen molar-refractivity contribution >= 4 is 22.9 Å². The van der Waals surface area contributed by atoms with Gasteiger partial charge in [-0.3, -0.25) is 0 Å². The first-order valence-corrected chi connectivity index (χ1v) is 9.83. The van der Waals surface area contributed by atoms with Crippen molar-refractivity contribution in [3.05, 3.63) is 42.2 Å². The Morgan fingerprint density at radius 2 is 1.81 bits per heavy atom. The number of nitrogens with one attached hydrogen (secondary N) is 1. The van der Waals surface area contributed by atoms with Gasteiger partial charge in [0.1, 0.15) is 0 Å². The molecule has 0 radical (unpaired) electrons. The molecule has 144 valence electrons. The van der Waals surface area contributed by atoms with E-state index in [4.69, 9.17) is 9.97 Å². The maximum Gasteiger partial charge on any atom is 0.227 e. The maximum atomic E-state index is 4.86. The van der Waals surface area contributed by atoms with Gasteiger partial charge in [-0.2, -0.15) is 9.97 Å². The largest absolute Gasteiger partial charge is 0.352 e. The lowest BCUT2D eigenvalue weighted by Crippen LogP contribution is -2.25. The van der Waals surface area contributed by atoms with Gasteiger partial charge in [0.2, 0.25) is 5.95 Å². The molecule has 0 unspecified atom stereocenters. The molecule has 6 heteroatoms. The third-order valence-electron chi connectivity index (χ3n) is 4.84. The second-order valence-corrected chi connectivity index (χ2v) is 7.24. The van der Waals surface area contributed by atoms with Crippen molar-refractivity contribution in [3.8, 4) is 0 Å². The molecule has 0 saturated heterocycles. The van der Waals surface area contributed by atoms with Crippen molar-refractivity contribution in [2.75, 3.05) is 16.8 Å². The molecule has 2 heterocycles. The molecule has 0 amide bonds. The van der Waals surface area contributed by atoms with Crippen molar-refractivity contribution in [2.24, 2.45) is 0 Å². The summed E-state index contributed by atoms with van der Waals surface area (Å²) in [6.07, 6.45) is 2.89. The Balaban J connectivity index is 2.08. The summed E-state index contributed by atoms with van der Waals surface area (Å²) in [7, 11) is 0. The molecule has 0 fully saturated rings. The SMILES string of the molecule is CC[C@@H](C)Nc1nc(N(CC)Cc2ccccc2)c2ncn(C(C)C)c2n1. The molecule has 2 aromatic heterocycles. The molecule has 0 bridgehead atoms. The van der Waals surface area contributed by atoms with Gasteiger partial charge in [-0.1, -0.05) is 37.3 Å². The van der Waals surface area contributed by atoms with Gasteiger partial charge in [0.05, 0.1) is 6.33 Å². The van der Waals surface area contributed by atoms with Crippen LogP contribution in [0, 0.1) is 0 Å². The minimum Gasteiger partial charge on any atom is -0.352 e. The predicted octanol–water partition coefficient (Wildman–Crippen LogP) is 4.64. The molecule has 6 nitrogen and oxygen atoms in total. The monoisotopic (exact) mass is 366 g/mol. The van der Waals surface area contributed by atoms with E-state index >= 15 is 0 Å². The highest BCUT2D eigenvalue weighted by molar-refractivity contribution is 5.85. The van der Waals surface area contributed by atoms with Crippen LogP contribution in [0.2, 0.25) is 0 Å². The highest BCUT2D eigenvalue weighted by Crippen LogP contribution is 2.27. The summed E-state index contributed by atoms with van der Waals surface area (Å²) >= 11 is 0. The predicted molar refractivity (Wildman–Crippen MR) is 112 cm³/mol. The molecular formula is C21H30N6. The van der Waals surface area contributed by atoms with E-state index in [-0.39, 0.29) is 0 Å². The van der Waals surface area contributed by atoms with Gasteiger partial charge in [-0.25, -0.2) is 4.98 Å².